The number of rotatable bonds is 3. The van der Waals surface area contributed by atoms with Gasteiger partial charge in [0.15, 0.2) is 0 Å². The van der Waals surface area contributed by atoms with Crippen LogP contribution in [0.2, 0.25) is 0 Å². The first-order valence-electron chi connectivity index (χ1n) is 8.31. The van der Waals surface area contributed by atoms with E-state index >= 15 is 0 Å². The average Bonchev–Trinajstić information content (AvgIpc) is 2.94. The highest BCUT2D eigenvalue weighted by molar-refractivity contribution is 5.95. The molecule has 0 radical (unpaired) electrons. The van der Waals surface area contributed by atoms with Crippen LogP contribution in [0.1, 0.15) is 27.1 Å². The molecule has 1 fully saturated rings. The quantitative estimate of drug-likeness (QED) is 0.859. The highest BCUT2D eigenvalue weighted by Crippen LogP contribution is 2.15. The van der Waals surface area contributed by atoms with Crippen molar-refractivity contribution in [1.29, 1.82) is 0 Å². The Bertz CT molecular complexity index is 731. The Morgan fingerprint density at radius 2 is 1.56 bits per heavy atom. The number of carbonyl (C=O) groups excluding carboxylic acids is 2. The van der Waals surface area contributed by atoms with Gasteiger partial charge in [-0.15, -0.1) is 0 Å². The number of carbonyl (C=O) groups is 2. The molecule has 2 heterocycles. The van der Waals surface area contributed by atoms with E-state index in [2.05, 4.69) is 4.98 Å². The minimum atomic E-state index is -0.0353. The van der Waals surface area contributed by atoms with Crippen molar-refractivity contribution in [1.82, 2.24) is 14.8 Å². The van der Waals surface area contributed by atoms with E-state index in [4.69, 9.17) is 4.74 Å². The molecule has 0 N–H and O–H groups in total. The number of amides is 2. The Labute approximate surface area is 147 Å². The van der Waals surface area contributed by atoms with E-state index in [0.717, 1.165) is 12.2 Å². The van der Waals surface area contributed by atoms with E-state index < -0.39 is 0 Å². The summed E-state index contributed by atoms with van der Waals surface area (Å²) in [6, 6.07) is 10.6. The maximum Gasteiger partial charge on any atom is 0.255 e. The zero-order valence-electron chi connectivity index (χ0n) is 14.2. The molecule has 0 aliphatic carbocycles. The first kappa shape index (κ1) is 17.0. The van der Waals surface area contributed by atoms with Crippen molar-refractivity contribution in [3.8, 4) is 5.75 Å². The molecule has 0 bridgehead atoms. The Kier molecular flexibility index (Phi) is 5.28. The largest absolute Gasteiger partial charge is 0.497 e. The molecule has 1 aliphatic rings. The minimum absolute atomic E-state index is 0.0154. The Hall–Kier alpha value is -2.89. The van der Waals surface area contributed by atoms with Gasteiger partial charge in [0.05, 0.1) is 12.7 Å². The summed E-state index contributed by atoms with van der Waals surface area (Å²) in [5.74, 6) is 0.672. The molecule has 1 aliphatic heterocycles. The molecule has 1 saturated heterocycles. The Morgan fingerprint density at radius 3 is 2.12 bits per heavy atom. The van der Waals surface area contributed by atoms with Gasteiger partial charge in [0.25, 0.3) is 11.8 Å². The van der Waals surface area contributed by atoms with Crippen molar-refractivity contribution >= 4 is 11.8 Å². The number of aromatic nitrogens is 1. The lowest BCUT2D eigenvalue weighted by Gasteiger charge is -2.22. The lowest BCUT2D eigenvalue weighted by Crippen LogP contribution is -2.37. The fourth-order valence-corrected chi connectivity index (χ4v) is 2.91. The molecule has 0 spiro atoms. The van der Waals surface area contributed by atoms with Gasteiger partial charge in [0.2, 0.25) is 0 Å². The predicted octanol–water partition coefficient (Wildman–Crippen LogP) is 2.08. The predicted molar refractivity (Wildman–Crippen MR) is 93.7 cm³/mol. The second-order valence-corrected chi connectivity index (χ2v) is 5.91. The molecular formula is C19H21N3O3. The van der Waals surface area contributed by atoms with Gasteiger partial charge in [-0.3, -0.25) is 14.6 Å². The summed E-state index contributed by atoms with van der Waals surface area (Å²) in [7, 11) is 1.60. The third-order valence-corrected chi connectivity index (χ3v) is 4.32. The maximum atomic E-state index is 12.7. The minimum Gasteiger partial charge on any atom is -0.497 e. The van der Waals surface area contributed by atoms with Crippen LogP contribution >= 0.6 is 0 Å². The second kappa shape index (κ2) is 7.79. The molecule has 1 aromatic heterocycles. The number of hydrogen-bond acceptors (Lipinski definition) is 4. The van der Waals surface area contributed by atoms with Crippen molar-refractivity contribution in [2.45, 2.75) is 6.42 Å². The molecule has 6 nitrogen and oxygen atoms in total. The first-order valence-corrected chi connectivity index (χ1v) is 8.31. The summed E-state index contributed by atoms with van der Waals surface area (Å²) in [4.78, 5) is 32.8. The lowest BCUT2D eigenvalue weighted by molar-refractivity contribution is 0.0718. The molecule has 6 heteroatoms. The number of methoxy groups -OCH3 is 1. The average molecular weight is 339 g/mol. The van der Waals surface area contributed by atoms with Gasteiger partial charge < -0.3 is 14.5 Å². The van der Waals surface area contributed by atoms with Crippen molar-refractivity contribution in [3.63, 3.8) is 0 Å². The highest BCUT2D eigenvalue weighted by Gasteiger charge is 2.23. The summed E-state index contributed by atoms with van der Waals surface area (Å²) in [5.41, 5.74) is 1.21. The van der Waals surface area contributed by atoms with E-state index in [-0.39, 0.29) is 11.8 Å². The Balaban J connectivity index is 1.64. The van der Waals surface area contributed by atoms with Crippen LogP contribution in [0.25, 0.3) is 0 Å². The standard InChI is InChI=1S/C19H21N3O3/c1-25-17-7-5-15(6-8-17)18(23)21-10-3-11-22(13-12-21)19(24)16-4-2-9-20-14-16/h2,4-9,14H,3,10-13H2,1H3. The SMILES string of the molecule is COc1ccc(C(=O)N2CCCN(C(=O)c3cccnc3)CC2)cc1. The maximum absolute atomic E-state index is 12.7. The molecule has 130 valence electrons. The number of benzene rings is 1. The van der Waals surface area contributed by atoms with E-state index in [1.54, 1.807) is 65.7 Å². The van der Waals surface area contributed by atoms with E-state index in [1.807, 2.05) is 0 Å². The van der Waals surface area contributed by atoms with Gasteiger partial charge in [0, 0.05) is 44.1 Å². The van der Waals surface area contributed by atoms with Gasteiger partial charge in [-0.25, -0.2) is 0 Å². The summed E-state index contributed by atoms with van der Waals surface area (Å²) < 4.78 is 5.12. The highest BCUT2D eigenvalue weighted by atomic mass is 16.5. The zero-order chi connectivity index (χ0) is 17.6. The van der Waals surface area contributed by atoms with Crippen molar-refractivity contribution in [2.24, 2.45) is 0 Å². The van der Waals surface area contributed by atoms with Crippen LogP contribution in [-0.4, -0.2) is 59.9 Å². The van der Waals surface area contributed by atoms with E-state index in [1.165, 1.54) is 0 Å². The van der Waals surface area contributed by atoms with Gasteiger partial charge in [0.1, 0.15) is 5.75 Å². The number of nitrogens with zero attached hydrogens (tertiary/aromatic N) is 3. The van der Waals surface area contributed by atoms with E-state index in [9.17, 15) is 9.59 Å². The molecule has 2 aromatic rings. The number of ether oxygens (including phenoxy) is 1. The smallest absolute Gasteiger partial charge is 0.255 e. The summed E-state index contributed by atoms with van der Waals surface area (Å²) >= 11 is 0. The first-order chi connectivity index (χ1) is 12.2. The summed E-state index contributed by atoms with van der Waals surface area (Å²) in [5, 5.41) is 0. The summed E-state index contributed by atoms with van der Waals surface area (Å²) in [6.07, 6.45) is 3.98. The monoisotopic (exact) mass is 339 g/mol. The molecular weight excluding hydrogens is 318 g/mol. The number of hydrogen-bond donors (Lipinski definition) is 0. The van der Waals surface area contributed by atoms with Crippen LogP contribution in [0.4, 0.5) is 0 Å². The van der Waals surface area contributed by atoms with Crippen LogP contribution < -0.4 is 4.74 Å². The molecule has 0 unspecified atom stereocenters. The van der Waals surface area contributed by atoms with Crippen LogP contribution in [0.5, 0.6) is 5.75 Å². The molecule has 25 heavy (non-hydrogen) atoms. The van der Waals surface area contributed by atoms with Gasteiger partial charge >= 0.3 is 0 Å². The van der Waals surface area contributed by atoms with Gasteiger partial charge in [-0.05, 0) is 42.8 Å². The molecule has 2 amide bonds. The van der Waals surface area contributed by atoms with Crippen LogP contribution in [0, 0.1) is 0 Å². The van der Waals surface area contributed by atoms with Crippen molar-refractivity contribution in [3.05, 3.63) is 59.9 Å². The van der Waals surface area contributed by atoms with Crippen LogP contribution in [0.3, 0.4) is 0 Å². The fraction of sp³-hybridized carbons (Fsp3) is 0.316. The number of pyridine rings is 1. The molecule has 1 aromatic carbocycles. The molecule has 0 atom stereocenters. The zero-order valence-corrected chi connectivity index (χ0v) is 14.2. The van der Waals surface area contributed by atoms with Crippen molar-refractivity contribution < 1.29 is 14.3 Å². The van der Waals surface area contributed by atoms with Crippen LogP contribution in [0.15, 0.2) is 48.8 Å². The third kappa shape index (κ3) is 3.96. The van der Waals surface area contributed by atoms with Gasteiger partial charge in [-0.2, -0.15) is 0 Å². The lowest BCUT2D eigenvalue weighted by atomic mass is 10.2. The third-order valence-electron chi connectivity index (χ3n) is 4.32. The molecule has 0 saturated carbocycles. The molecule has 3 rings (SSSR count). The van der Waals surface area contributed by atoms with Crippen molar-refractivity contribution in [2.75, 3.05) is 33.3 Å². The second-order valence-electron chi connectivity index (χ2n) is 5.91. The normalized spacial score (nSPS) is 14.8. The topological polar surface area (TPSA) is 62.7 Å². The summed E-state index contributed by atoms with van der Waals surface area (Å²) in [6.45, 7) is 2.33. The van der Waals surface area contributed by atoms with Gasteiger partial charge in [-0.1, -0.05) is 0 Å². The fourth-order valence-electron chi connectivity index (χ4n) is 2.91. The van der Waals surface area contributed by atoms with E-state index in [0.29, 0.717) is 37.3 Å². The Morgan fingerprint density at radius 1 is 0.920 bits per heavy atom. The van der Waals surface area contributed by atoms with Crippen LogP contribution in [-0.2, 0) is 0 Å².